The lowest BCUT2D eigenvalue weighted by molar-refractivity contribution is 0.00745. The van der Waals surface area contributed by atoms with Crippen molar-refractivity contribution in [2.75, 3.05) is 11.9 Å². The van der Waals surface area contributed by atoms with Crippen LogP contribution in [-0.4, -0.2) is 29.1 Å². The van der Waals surface area contributed by atoms with Crippen LogP contribution in [0.2, 0.25) is 0 Å². The molecule has 7 nitrogen and oxygen atoms in total. The van der Waals surface area contributed by atoms with Gasteiger partial charge in [0, 0.05) is 17.1 Å². The molecule has 0 spiro atoms. The molecule has 0 radical (unpaired) electrons. The summed E-state index contributed by atoms with van der Waals surface area (Å²) in [6.07, 6.45) is 1.50. The van der Waals surface area contributed by atoms with Crippen LogP contribution in [0.3, 0.4) is 0 Å². The van der Waals surface area contributed by atoms with Crippen LogP contribution in [0.5, 0.6) is 0 Å². The number of hydrogen-bond donors (Lipinski definition) is 1. The summed E-state index contributed by atoms with van der Waals surface area (Å²) in [6.45, 7) is 13.0. The summed E-state index contributed by atoms with van der Waals surface area (Å²) in [4.78, 5) is 30.4. The zero-order valence-corrected chi connectivity index (χ0v) is 23.1. The zero-order chi connectivity index (χ0) is 26.6. The lowest BCUT2D eigenvalue weighted by atomic mass is 10.0. The number of aromatic nitrogens is 1. The van der Waals surface area contributed by atoms with Gasteiger partial charge in [0.25, 0.3) is 0 Å². The number of nitrogens with one attached hydrogen (secondary N) is 1. The summed E-state index contributed by atoms with van der Waals surface area (Å²) in [6, 6.07) is 8.32. The molecule has 0 amide bonds. The molecule has 0 unspecified atom stereocenters. The predicted octanol–water partition coefficient (Wildman–Crippen LogP) is 6.91. The van der Waals surface area contributed by atoms with Crippen LogP contribution in [0.25, 0.3) is 16.8 Å². The van der Waals surface area contributed by atoms with Crippen molar-refractivity contribution < 1.29 is 19.1 Å². The molecule has 36 heavy (non-hydrogen) atoms. The second-order valence-electron chi connectivity index (χ2n) is 9.15. The van der Waals surface area contributed by atoms with E-state index in [1.54, 1.807) is 34.6 Å². The van der Waals surface area contributed by atoms with Gasteiger partial charge in [0.05, 0.1) is 17.9 Å². The lowest BCUT2D eigenvalue weighted by Gasteiger charge is -2.19. The molecule has 2 heterocycles. The average molecular weight is 524 g/mol. The Labute approximate surface area is 219 Å². The maximum absolute atomic E-state index is 12.8. The molecule has 0 saturated carbocycles. The minimum absolute atomic E-state index is 0.189. The number of esters is 2. The Bertz CT molecular complexity index is 1370. The second-order valence-corrected chi connectivity index (χ2v) is 11.0. The van der Waals surface area contributed by atoms with Gasteiger partial charge in [-0.2, -0.15) is 5.26 Å². The van der Waals surface area contributed by atoms with Crippen molar-refractivity contribution in [1.29, 1.82) is 5.26 Å². The van der Waals surface area contributed by atoms with Crippen LogP contribution in [0.4, 0.5) is 5.00 Å². The Morgan fingerprint density at radius 1 is 1.19 bits per heavy atom. The minimum Gasteiger partial charge on any atom is -0.462 e. The topological polar surface area (TPSA) is 101 Å². The van der Waals surface area contributed by atoms with Crippen LogP contribution >= 0.6 is 22.7 Å². The lowest BCUT2D eigenvalue weighted by Crippen LogP contribution is -2.23. The molecule has 0 aliphatic carbocycles. The molecule has 0 saturated heterocycles. The van der Waals surface area contributed by atoms with Crippen LogP contribution in [-0.2, 0) is 9.47 Å². The van der Waals surface area contributed by atoms with Crippen LogP contribution < -0.4 is 5.32 Å². The van der Waals surface area contributed by atoms with E-state index in [1.165, 1.54) is 23.1 Å². The van der Waals surface area contributed by atoms with Gasteiger partial charge in [-0.05, 0) is 59.6 Å². The van der Waals surface area contributed by atoms with Gasteiger partial charge in [0.2, 0.25) is 0 Å². The quantitative estimate of drug-likeness (QED) is 0.265. The number of anilines is 1. The minimum atomic E-state index is -0.683. The second kappa shape index (κ2) is 11.1. The van der Waals surface area contributed by atoms with Crippen LogP contribution in [0.1, 0.15) is 69.4 Å². The molecule has 2 aromatic heterocycles. The molecule has 0 bridgehead atoms. The standard InChI is InChI=1S/C27H29N3O4S2/c1-8-33-25(31)21-17(4)22(26(32)34-27(5,6)7)36-24(21)29-13-18(12-28)23-30-20(14-35-23)19-10-9-15(2)11-16(19)3/h9-11,13-14,29H,8H2,1-7H3/b18-13+. The first-order valence-electron chi connectivity index (χ1n) is 11.4. The van der Waals surface area contributed by atoms with Gasteiger partial charge >= 0.3 is 11.9 Å². The van der Waals surface area contributed by atoms with E-state index in [0.717, 1.165) is 28.2 Å². The molecule has 3 rings (SSSR count). The number of nitrogens with zero attached hydrogens (tertiary/aromatic N) is 2. The maximum Gasteiger partial charge on any atom is 0.349 e. The average Bonchev–Trinajstić information content (AvgIpc) is 3.38. The van der Waals surface area contributed by atoms with Crippen molar-refractivity contribution in [3.8, 4) is 17.3 Å². The molecule has 3 aromatic rings. The normalized spacial score (nSPS) is 11.7. The van der Waals surface area contributed by atoms with Crippen molar-refractivity contribution in [2.45, 2.75) is 54.1 Å². The number of carbonyl (C=O) groups excluding carboxylic acids is 2. The SMILES string of the molecule is CCOC(=O)c1c(N/C=C(\C#N)c2nc(-c3ccc(C)cc3C)cs2)sc(C(=O)OC(C)(C)C)c1C. The van der Waals surface area contributed by atoms with E-state index >= 15 is 0 Å². The third-order valence-electron chi connectivity index (χ3n) is 5.07. The van der Waals surface area contributed by atoms with Gasteiger partial charge < -0.3 is 14.8 Å². The molecule has 9 heteroatoms. The van der Waals surface area contributed by atoms with E-state index in [0.29, 0.717) is 26.0 Å². The first kappa shape index (κ1) is 27.1. The van der Waals surface area contributed by atoms with Crippen molar-refractivity contribution >= 4 is 45.2 Å². The van der Waals surface area contributed by atoms with E-state index in [2.05, 4.69) is 22.4 Å². The fourth-order valence-corrected chi connectivity index (χ4v) is 5.31. The molecular formula is C27H29N3O4S2. The van der Waals surface area contributed by atoms with Gasteiger partial charge in [0.1, 0.15) is 32.1 Å². The summed E-state index contributed by atoms with van der Waals surface area (Å²) < 4.78 is 10.7. The van der Waals surface area contributed by atoms with Crippen molar-refractivity contribution in [3.63, 3.8) is 0 Å². The number of carbonyl (C=O) groups is 2. The van der Waals surface area contributed by atoms with E-state index in [9.17, 15) is 14.9 Å². The molecule has 0 fully saturated rings. The number of ether oxygens (including phenoxy) is 2. The Morgan fingerprint density at radius 3 is 2.53 bits per heavy atom. The first-order valence-corrected chi connectivity index (χ1v) is 13.1. The molecular weight excluding hydrogens is 494 g/mol. The van der Waals surface area contributed by atoms with Gasteiger partial charge in [0.15, 0.2) is 0 Å². The largest absolute Gasteiger partial charge is 0.462 e. The monoisotopic (exact) mass is 523 g/mol. The Morgan fingerprint density at radius 2 is 1.92 bits per heavy atom. The molecule has 1 aromatic carbocycles. The third kappa shape index (κ3) is 6.20. The number of thiazole rings is 1. The van der Waals surface area contributed by atoms with E-state index in [1.807, 2.05) is 31.4 Å². The highest BCUT2D eigenvalue weighted by Crippen LogP contribution is 2.36. The predicted molar refractivity (Wildman–Crippen MR) is 144 cm³/mol. The molecule has 1 N–H and O–H groups in total. The Hall–Kier alpha value is -3.48. The van der Waals surface area contributed by atoms with E-state index < -0.39 is 17.5 Å². The van der Waals surface area contributed by atoms with E-state index in [-0.39, 0.29) is 12.2 Å². The molecule has 0 atom stereocenters. The third-order valence-corrected chi connectivity index (χ3v) is 7.15. The van der Waals surface area contributed by atoms with Crippen molar-refractivity contribution in [2.24, 2.45) is 0 Å². The highest BCUT2D eigenvalue weighted by Gasteiger charge is 2.28. The van der Waals surface area contributed by atoms with Gasteiger partial charge in [-0.15, -0.1) is 22.7 Å². The highest BCUT2D eigenvalue weighted by atomic mass is 32.1. The summed E-state index contributed by atoms with van der Waals surface area (Å²) in [7, 11) is 0. The van der Waals surface area contributed by atoms with Crippen LogP contribution in [0.15, 0.2) is 29.8 Å². The smallest absolute Gasteiger partial charge is 0.349 e. The maximum atomic E-state index is 12.8. The number of rotatable bonds is 7. The first-order chi connectivity index (χ1) is 16.9. The van der Waals surface area contributed by atoms with Gasteiger partial charge in [-0.3, -0.25) is 0 Å². The molecule has 0 aliphatic heterocycles. The van der Waals surface area contributed by atoms with Gasteiger partial charge in [-0.1, -0.05) is 23.8 Å². The number of benzene rings is 1. The number of thiophene rings is 1. The Balaban J connectivity index is 1.96. The number of nitriles is 1. The zero-order valence-electron chi connectivity index (χ0n) is 21.4. The number of aryl methyl sites for hydroxylation is 2. The van der Waals surface area contributed by atoms with Crippen molar-refractivity contribution in [3.05, 3.63) is 61.9 Å². The fourth-order valence-electron chi connectivity index (χ4n) is 3.49. The molecule has 0 aliphatic rings. The van der Waals surface area contributed by atoms with Gasteiger partial charge in [-0.25, -0.2) is 14.6 Å². The highest BCUT2D eigenvalue weighted by molar-refractivity contribution is 7.18. The fraction of sp³-hybridized carbons (Fsp3) is 0.333. The summed E-state index contributed by atoms with van der Waals surface area (Å²) in [5, 5.41) is 15.7. The Kier molecular flexibility index (Phi) is 8.33. The van der Waals surface area contributed by atoms with E-state index in [4.69, 9.17) is 9.47 Å². The summed E-state index contributed by atoms with van der Waals surface area (Å²) in [5.41, 5.74) is 4.40. The number of hydrogen-bond acceptors (Lipinski definition) is 9. The van der Waals surface area contributed by atoms with Crippen molar-refractivity contribution in [1.82, 2.24) is 4.98 Å². The number of allylic oxidation sites excluding steroid dienone is 1. The summed E-state index contributed by atoms with van der Waals surface area (Å²) >= 11 is 2.44. The van der Waals surface area contributed by atoms with Crippen LogP contribution in [0, 0.1) is 32.1 Å². The summed E-state index contributed by atoms with van der Waals surface area (Å²) in [5.74, 6) is -1.08. The molecule has 188 valence electrons.